The van der Waals surface area contributed by atoms with E-state index in [4.69, 9.17) is 23.2 Å². The van der Waals surface area contributed by atoms with Gasteiger partial charge in [0.25, 0.3) is 0 Å². The number of carbonyl (C=O) groups excluding carboxylic acids is 1. The summed E-state index contributed by atoms with van der Waals surface area (Å²) in [4.78, 5) is 13.9. The maximum absolute atomic E-state index is 12.3. The molecule has 0 radical (unpaired) electrons. The molecular weight excluding hydrogens is 307 g/mol. The number of nitrogens with one attached hydrogen (secondary N) is 1. The number of nitrogens with zero attached hydrogens (tertiary/aromatic N) is 1. The van der Waals surface area contributed by atoms with Crippen molar-refractivity contribution >= 4 is 29.1 Å². The monoisotopic (exact) mass is 330 g/mol. The molecule has 0 heterocycles. The van der Waals surface area contributed by atoms with Crippen LogP contribution in [0.3, 0.4) is 0 Å². The predicted molar refractivity (Wildman–Crippen MR) is 89.9 cm³/mol. The summed E-state index contributed by atoms with van der Waals surface area (Å²) in [5, 5.41) is 4.67. The molecule has 2 atom stereocenters. The number of hydrogen-bond donors (Lipinski definition) is 1. The Morgan fingerprint density at radius 3 is 2.38 bits per heavy atom. The molecule has 0 fully saturated rings. The van der Waals surface area contributed by atoms with Crippen LogP contribution in [-0.2, 0) is 4.79 Å². The van der Waals surface area contributed by atoms with Crippen molar-refractivity contribution in [3.05, 3.63) is 33.8 Å². The minimum atomic E-state index is -0.231. The maximum atomic E-state index is 12.3. The Morgan fingerprint density at radius 1 is 1.24 bits per heavy atom. The van der Waals surface area contributed by atoms with Gasteiger partial charge in [0.15, 0.2) is 0 Å². The molecule has 5 heteroatoms. The van der Waals surface area contributed by atoms with Crippen molar-refractivity contribution in [3.8, 4) is 0 Å². The van der Waals surface area contributed by atoms with Crippen LogP contribution in [0.4, 0.5) is 0 Å². The van der Waals surface area contributed by atoms with Gasteiger partial charge in [-0.3, -0.25) is 10.1 Å². The highest BCUT2D eigenvalue weighted by Crippen LogP contribution is 2.27. The van der Waals surface area contributed by atoms with Gasteiger partial charge in [-0.2, -0.15) is 0 Å². The Labute approximate surface area is 137 Å². The summed E-state index contributed by atoms with van der Waals surface area (Å²) in [7, 11) is 3.54. The predicted octanol–water partition coefficient (Wildman–Crippen LogP) is 4.15. The molecule has 0 aliphatic carbocycles. The van der Waals surface area contributed by atoms with Crippen molar-refractivity contribution in [1.82, 2.24) is 10.2 Å². The van der Waals surface area contributed by atoms with Gasteiger partial charge in [-0.1, -0.05) is 37.0 Å². The Balaban J connectivity index is 2.91. The van der Waals surface area contributed by atoms with Crippen LogP contribution in [0.5, 0.6) is 0 Å². The van der Waals surface area contributed by atoms with E-state index in [-0.39, 0.29) is 18.0 Å². The molecule has 0 aromatic heterocycles. The van der Waals surface area contributed by atoms with E-state index in [0.29, 0.717) is 16.0 Å². The number of likely N-dealkylation sites (N-methyl/N-ethyl adjacent to an activating group) is 1. The SMILES string of the molecule is CC(C)CC(NC(C)c1cc(Cl)ccc1Cl)C(=O)N(C)C. The van der Waals surface area contributed by atoms with Crippen molar-refractivity contribution in [2.45, 2.75) is 39.3 Å². The van der Waals surface area contributed by atoms with Gasteiger partial charge in [-0.15, -0.1) is 0 Å². The zero-order chi connectivity index (χ0) is 16.2. The van der Waals surface area contributed by atoms with E-state index in [9.17, 15) is 4.79 Å². The molecule has 0 saturated heterocycles. The van der Waals surface area contributed by atoms with Crippen LogP contribution in [-0.4, -0.2) is 30.9 Å². The zero-order valence-electron chi connectivity index (χ0n) is 13.3. The first-order chi connectivity index (χ1) is 9.72. The molecule has 0 saturated carbocycles. The largest absolute Gasteiger partial charge is 0.347 e. The normalized spacial score (nSPS) is 14.1. The maximum Gasteiger partial charge on any atom is 0.239 e. The number of amides is 1. The minimum absolute atomic E-state index is 0.0520. The fourth-order valence-electron chi connectivity index (χ4n) is 2.26. The van der Waals surface area contributed by atoms with Gasteiger partial charge in [0, 0.05) is 30.2 Å². The smallest absolute Gasteiger partial charge is 0.239 e. The molecule has 0 aliphatic rings. The second kappa shape index (κ2) is 8.02. The third kappa shape index (κ3) is 5.50. The first kappa shape index (κ1) is 18.3. The van der Waals surface area contributed by atoms with E-state index >= 15 is 0 Å². The van der Waals surface area contributed by atoms with Crippen LogP contribution in [0.2, 0.25) is 10.0 Å². The number of benzene rings is 1. The summed E-state index contributed by atoms with van der Waals surface area (Å²) in [6.45, 7) is 6.21. The molecule has 0 spiro atoms. The average Bonchev–Trinajstić information content (AvgIpc) is 2.39. The third-order valence-corrected chi connectivity index (χ3v) is 3.90. The Bertz CT molecular complexity index is 489. The second-order valence-corrected chi connectivity index (χ2v) is 6.81. The Morgan fingerprint density at radius 2 is 1.86 bits per heavy atom. The first-order valence-corrected chi connectivity index (χ1v) is 7.90. The fraction of sp³-hybridized carbons (Fsp3) is 0.562. The van der Waals surface area contributed by atoms with Gasteiger partial charge >= 0.3 is 0 Å². The van der Waals surface area contributed by atoms with Gasteiger partial charge in [0.2, 0.25) is 5.91 Å². The van der Waals surface area contributed by atoms with Gasteiger partial charge in [0.1, 0.15) is 0 Å². The number of carbonyl (C=O) groups is 1. The highest BCUT2D eigenvalue weighted by Gasteiger charge is 2.24. The molecular formula is C16H24Cl2N2O. The van der Waals surface area contributed by atoms with Crippen molar-refractivity contribution in [2.24, 2.45) is 5.92 Å². The first-order valence-electron chi connectivity index (χ1n) is 7.14. The Hall–Kier alpha value is -0.770. The van der Waals surface area contributed by atoms with E-state index in [2.05, 4.69) is 19.2 Å². The zero-order valence-corrected chi connectivity index (χ0v) is 14.8. The lowest BCUT2D eigenvalue weighted by Crippen LogP contribution is -2.45. The lowest BCUT2D eigenvalue weighted by molar-refractivity contribution is -0.131. The van der Waals surface area contributed by atoms with E-state index in [1.54, 1.807) is 31.1 Å². The fourth-order valence-corrected chi connectivity index (χ4v) is 2.72. The second-order valence-electron chi connectivity index (χ2n) is 5.97. The summed E-state index contributed by atoms with van der Waals surface area (Å²) >= 11 is 12.3. The molecule has 1 amide bonds. The van der Waals surface area contributed by atoms with Crippen LogP contribution < -0.4 is 5.32 Å². The summed E-state index contributed by atoms with van der Waals surface area (Å²) < 4.78 is 0. The van der Waals surface area contributed by atoms with Gasteiger partial charge in [0.05, 0.1) is 6.04 Å². The molecule has 1 aromatic rings. The highest BCUT2D eigenvalue weighted by atomic mass is 35.5. The third-order valence-electron chi connectivity index (χ3n) is 3.32. The van der Waals surface area contributed by atoms with E-state index in [0.717, 1.165) is 12.0 Å². The highest BCUT2D eigenvalue weighted by molar-refractivity contribution is 6.33. The van der Waals surface area contributed by atoms with Crippen LogP contribution in [0, 0.1) is 5.92 Å². The van der Waals surface area contributed by atoms with E-state index in [1.807, 2.05) is 13.0 Å². The molecule has 118 valence electrons. The molecule has 1 aromatic carbocycles. The van der Waals surface area contributed by atoms with Crippen molar-refractivity contribution < 1.29 is 4.79 Å². The lowest BCUT2D eigenvalue weighted by atomic mass is 10.00. The molecule has 3 nitrogen and oxygen atoms in total. The van der Waals surface area contributed by atoms with Crippen LogP contribution in [0.15, 0.2) is 18.2 Å². The standard InChI is InChI=1S/C16H24Cl2N2O/c1-10(2)8-15(16(21)20(4)5)19-11(3)13-9-12(17)6-7-14(13)18/h6-7,9-11,15,19H,8H2,1-5H3. The topological polar surface area (TPSA) is 32.3 Å². The molecule has 0 bridgehead atoms. The molecule has 2 unspecified atom stereocenters. The van der Waals surface area contributed by atoms with Crippen molar-refractivity contribution in [1.29, 1.82) is 0 Å². The summed E-state index contributed by atoms with van der Waals surface area (Å²) in [5.41, 5.74) is 0.907. The number of halogens is 2. The average molecular weight is 331 g/mol. The molecule has 0 aliphatic heterocycles. The minimum Gasteiger partial charge on any atom is -0.347 e. The van der Waals surface area contributed by atoms with E-state index < -0.39 is 0 Å². The Kier molecular flexibility index (Phi) is 6.98. The van der Waals surface area contributed by atoms with Gasteiger partial charge in [-0.25, -0.2) is 0 Å². The van der Waals surface area contributed by atoms with Crippen LogP contribution >= 0.6 is 23.2 Å². The quantitative estimate of drug-likeness (QED) is 0.849. The number of rotatable bonds is 6. The number of hydrogen-bond acceptors (Lipinski definition) is 2. The van der Waals surface area contributed by atoms with Crippen LogP contribution in [0.1, 0.15) is 38.8 Å². The van der Waals surface area contributed by atoms with Gasteiger partial charge < -0.3 is 4.90 Å². The van der Waals surface area contributed by atoms with E-state index in [1.165, 1.54) is 0 Å². The summed E-state index contributed by atoms with van der Waals surface area (Å²) in [6, 6.07) is 5.10. The molecule has 1 N–H and O–H groups in total. The lowest BCUT2D eigenvalue weighted by Gasteiger charge is -2.27. The van der Waals surface area contributed by atoms with Crippen molar-refractivity contribution in [3.63, 3.8) is 0 Å². The molecule has 21 heavy (non-hydrogen) atoms. The summed E-state index contributed by atoms with van der Waals surface area (Å²) in [6.07, 6.45) is 0.777. The van der Waals surface area contributed by atoms with Gasteiger partial charge in [-0.05, 0) is 43.0 Å². The summed E-state index contributed by atoms with van der Waals surface area (Å²) in [5.74, 6) is 0.502. The molecule has 1 rings (SSSR count). The van der Waals surface area contributed by atoms with Crippen LogP contribution in [0.25, 0.3) is 0 Å². The van der Waals surface area contributed by atoms with Crippen molar-refractivity contribution in [2.75, 3.05) is 14.1 Å².